The quantitative estimate of drug-likeness (QED) is 0.664. The van der Waals surface area contributed by atoms with E-state index in [0.717, 1.165) is 5.56 Å². The molecule has 0 atom stereocenters. The molecular weight excluding hydrogens is 355 g/mol. The molecule has 0 aliphatic carbocycles. The molecule has 4 rings (SSSR count). The van der Waals surface area contributed by atoms with Crippen molar-refractivity contribution in [3.8, 4) is 11.5 Å². The van der Waals surface area contributed by atoms with Gasteiger partial charge in [0.1, 0.15) is 17.9 Å². The smallest absolute Gasteiger partial charge is 0.257 e. The van der Waals surface area contributed by atoms with Crippen LogP contribution >= 0.6 is 0 Å². The van der Waals surface area contributed by atoms with Gasteiger partial charge >= 0.3 is 0 Å². The Kier molecular flexibility index (Phi) is 4.45. The first-order valence-corrected chi connectivity index (χ1v) is 8.36. The third kappa shape index (κ3) is 3.21. The average Bonchev–Trinajstić information content (AvgIpc) is 3.35. The lowest BCUT2D eigenvalue weighted by molar-refractivity contribution is -0.122. The first kappa shape index (κ1) is 17.0. The lowest BCUT2D eigenvalue weighted by atomic mass is 10.0. The number of hydrogen-bond acceptors (Lipinski definition) is 7. The zero-order valence-corrected chi connectivity index (χ0v) is 14.5. The third-order valence-corrected chi connectivity index (χ3v) is 4.30. The number of rotatable bonds is 6. The molecule has 2 aromatic heterocycles. The number of amides is 1. The Hall–Kier alpha value is -3.43. The molecule has 27 heavy (non-hydrogen) atoms. The van der Waals surface area contributed by atoms with E-state index < -0.39 is 0 Å². The van der Waals surface area contributed by atoms with Gasteiger partial charge < -0.3 is 20.1 Å². The van der Waals surface area contributed by atoms with Crippen LogP contribution in [0.3, 0.4) is 0 Å². The molecular formula is C17H17FN6O3. The van der Waals surface area contributed by atoms with E-state index in [9.17, 15) is 9.18 Å². The van der Waals surface area contributed by atoms with Crippen LogP contribution in [0.2, 0.25) is 0 Å². The maximum atomic E-state index is 14.3. The van der Waals surface area contributed by atoms with Gasteiger partial charge in [-0.2, -0.15) is 0 Å². The topological polar surface area (TPSA) is 103 Å². The van der Waals surface area contributed by atoms with E-state index in [1.165, 1.54) is 25.6 Å². The van der Waals surface area contributed by atoms with Crippen LogP contribution in [0.1, 0.15) is 11.1 Å². The highest BCUT2D eigenvalue weighted by Gasteiger charge is 2.20. The van der Waals surface area contributed by atoms with Gasteiger partial charge in [-0.15, -0.1) is 10.2 Å². The standard InChI is InChI=1S/C17H17FN6O3/c1-19-15(25)8-27-14-7-21-17(24-9-22-23-16(14)24)20-6-11-10-4-5-26-13(10)3-2-12(11)18/h2-3,7,9H,4-6,8H2,1H3,(H,19,25)(H,20,21). The van der Waals surface area contributed by atoms with E-state index >= 15 is 0 Å². The largest absolute Gasteiger partial charge is 0.493 e. The number of nitrogens with one attached hydrogen (secondary N) is 2. The van der Waals surface area contributed by atoms with Crippen LogP contribution in [0, 0.1) is 5.82 Å². The zero-order chi connectivity index (χ0) is 18.8. The molecule has 10 heteroatoms. The highest BCUT2D eigenvalue weighted by atomic mass is 19.1. The molecule has 0 saturated carbocycles. The normalized spacial score (nSPS) is 12.5. The summed E-state index contributed by atoms with van der Waals surface area (Å²) in [7, 11) is 1.52. The van der Waals surface area contributed by atoms with Gasteiger partial charge in [0, 0.05) is 31.1 Å². The summed E-state index contributed by atoms with van der Waals surface area (Å²) in [5, 5.41) is 13.4. The predicted octanol–water partition coefficient (Wildman–Crippen LogP) is 0.935. The van der Waals surface area contributed by atoms with E-state index in [1.54, 1.807) is 10.5 Å². The number of nitrogens with zero attached hydrogens (tertiary/aromatic N) is 4. The van der Waals surface area contributed by atoms with Crippen molar-refractivity contribution in [2.24, 2.45) is 0 Å². The fraction of sp³-hybridized carbons (Fsp3) is 0.294. The van der Waals surface area contributed by atoms with Crippen LogP contribution in [0.15, 0.2) is 24.7 Å². The van der Waals surface area contributed by atoms with Gasteiger partial charge in [0.25, 0.3) is 5.91 Å². The second kappa shape index (κ2) is 7.06. The first-order valence-electron chi connectivity index (χ1n) is 8.36. The van der Waals surface area contributed by atoms with Gasteiger partial charge in [0.2, 0.25) is 11.6 Å². The summed E-state index contributed by atoms with van der Waals surface area (Å²) in [4.78, 5) is 15.6. The van der Waals surface area contributed by atoms with Crippen LogP contribution in [-0.2, 0) is 17.8 Å². The summed E-state index contributed by atoms with van der Waals surface area (Å²) in [5.74, 6) is 0.899. The van der Waals surface area contributed by atoms with Crippen LogP contribution < -0.4 is 20.1 Å². The molecule has 1 amide bonds. The van der Waals surface area contributed by atoms with Crippen molar-refractivity contribution in [3.63, 3.8) is 0 Å². The first-order chi connectivity index (χ1) is 13.2. The second-order valence-corrected chi connectivity index (χ2v) is 5.89. The average molecular weight is 372 g/mol. The van der Waals surface area contributed by atoms with E-state index in [2.05, 4.69) is 25.8 Å². The molecule has 2 N–H and O–H groups in total. The number of aromatic nitrogens is 4. The summed E-state index contributed by atoms with van der Waals surface area (Å²) < 4.78 is 26.8. The van der Waals surface area contributed by atoms with Crippen molar-refractivity contribution in [1.29, 1.82) is 0 Å². The Morgan fingerprint density at radius 2 is 2.33 bits per heavy atom. The van der Waals surface area contributed by atoms with Gasteiger partial charge in [0.15, 0.2) is 12.4 Å². The van der Waals surface area contributed by atoms with Crippen LogP contribution in [-0.4, -0.2) is 45.8 Å². The minimum absolute atomic E-state index is 0.158. The fourth-order valence-electron chi connectivity index (χ4n) is 2.92. The summed E-state index contributed by atoms with van der Waals surface area (Å²) >= 11 is 0. The Bertz CT molecular complexity index is 1010. The monoisotopic (exact) mass is 372 g/mol. The maximum Gasteiger partial charge on any atom is 0.257 e. The van der Waals surface area contributed by atoms with E-state index in [-0.39, 0.29) is 24.9 Å². The van der Waals surface area contributed by atoms with E-state index in [0.29, 0.717) is 41.7 Å². The Morgan fingerprint density at radius 1 is 1.44 bits per heavy atom. The summed E-state index contributed by atoms with van der Waals surface area (Å²) in [6.45, 7) is 0.628. The van der Waals surface area contributed by atoms with Crippen LogP contribution in [0.5, 0.6) is 11.5 Å². The molecule has 0 spiro atoms. The second-order valence-electron chi connectivity index (χ2n) is 5.89. The van der Waals surface area contributed by atoms with Crippen molar-refractivity contribution in [1.82, 2.24) is 24.9 Å². The predicted molar refractivity (Wildman–Crippen MR) is 93.3 cm³/mol. The van der Waals surface area contributed by atoms with Crippen molar-refractivity contribution in [3.05, 3.63) is 41.6 Å². The number of ether oxygens (including phenoxy) is 2. The van der Waals surface area contributed by atoms with Gasteiger partial charge in [-0.05, 0) is 12.1 Å². The number of anilines is 1. The van der Waals surface area contributed by atoms with Gasteiger partial charge in [-0.25, -0.2) is 13.8 Å². The van der Waals surface area contributed by atoms with Crippen LogP contribution in [0.4, 0.5) is 10.3 Å². The Balaban J connectivity index is 1.57. The van der Waals surface area contributed by atoms with Crippen molar-refractivity contribution in [2.45, 2.75) is 13.0 Å². The molecule has 1 aliphatic heterocycles. The molecule has 9 nitrogen and oxygen atoms in total. The number of benzene rings is 1. The van der Waals surface area contributed by atoms with Gasteiger partial charge in [-0.1, -0.05) is 0 Å². The Morgan fingerprint density at radius 3 is 3.19 bits per heavy atom. The summed E-state index contributed by atoms with van der Waals surface area (Å²) in [5.41, 5.74) is 1.82. The summed E-state index contributed by atoms with van der Waals surface area (Å²) in [6, 6.07) is 3.05. The number of carbonyl (C=O) groups excluding carboxylic acids is 1. The number of carbonyl (C=O) groups is 1. The molecule has 140 valence electrons. The fourth-order valence-corrected chi connectivity index (χ4v) is 2.92. The minimum Gasteiger partial charge on any atom is -0.493 e. The van der Waals surface area contributed by atoms with Crippen molar-refractivity contribution in [2.75, 3.05) is 25.6 Å². The molecule has 0 fully saturated rings. The Labute approximate surface area is 153 Å². The molecule has 1 aromatic carbocycles. The van der Waals surface area contributed by atoms with E-state index in [1.807, 2.05) is 0 Å². The summed E-state index contributed by atoms with van der Waals surface area (Å²) in [6.07, 6.45) is 3.59. The molecule has 3 heterocycles. The molecule has 1 aliphatic rings. The number of halogens is 1. The van der Waals surface area contributed by atoms with Gasteiger partial charge in [-0.3, -0.25) is 4.79 Å². The highest BCUT2D eigenvalue weighted by molar-refractivity contribution is 5.77. The number of fused-ring (bicyclic) bond motifs is 2. The van der Waals surface area contributed by atoms with Crippen LogP contribution in [0.25, 0.3) is 5.65 Å². The number of hydrogen-bond donors (Lipinski definition) is 2. The minimum atomic E-state index is -0.294. The molecule has 0 radical (unpaired) electrons. The lowest BCUT2D eigenvalue weighted by Gasteiger charge is -2.12. The van der Waals surface area contributed by atoms with E-state index in [4.69, 9.17) is 9.47 Å². The molecule has 0 bridgehead atoms. The lowest BCUT2D eigenvalue weighted by Crippen LogP contribution is -2.25. The number of likely N-dealkylation sites (N-methyl/N-ethyl adjacent to an activating group) is 1. The third-order valence-electron chi connectivity index (χ3n) is 4.30. The maximum absolute atomic E-state index is 14.3. The highest BCUT2D eigenvalue weighted by Crippen LogP contribution is 2.30. The SMILES string of the molecule is CNC(=O)COc1cnc(NCc2c(F)ccc3c2CCO3)n2cnnc12. The molecule has 0 unspecified atom stereocenters. The van der Waals surface area contributed by atoms with Gasteiger partial charge in [0.05, 0.1) is 12.8 Å². The molecule has 3 aromatic rings. The molecule has 0 saturated heterocycles. The zero-order valence-electron chi connectivity index (χ0n) is 14.5. The van der Waals surface area contributed by atoms with Crippen molar-refractivity contribution >= 4 is 17.5 Å². The van der Waals surface area contributed by atoms with Crippen molar-refractivity contribution < 1.29 is 18.7 Å².